The summed E-state index contributed by atoms with van der Waals surface area (Å²) in [5.74, 6) is -0.455. The van der Waals surface area contributed by atoms with Crippen LogP contribution in [0.25, 0.3) is 0 Å². The minimum absolute atomic E-state index is 0.00671. The van der Waals surface area contributed by atoms with Crippen LogP contribution in [0.1, 0.15) is 38.5 Å². The van der Waals surface area contributed by atoms with Crippen molar-refractivity contribution in [1.82, 2.24) is 10.2 Å². The summed E-state index contributed by atoms with van der Waals surface area (Å²) >= 11 is 0. The number of carbonyl (C=O) groups excluding carboxylic acids is 1. The van der Waals surface area contributed by atoms with Gasteiger partial charge < -0.3 is 15.3 Å². The van der Waals surface area contributed by atoms with Crippen molar-refractivity contribution in [2.45, 2.75) is 44.6 Å². The van der Waals surface area contributed by atoms with Gasteiger partial charge in [0.1, 0.15) is 0 Å². The van der Waals surface area contributed by atoms with Gasteiger partial charge in [-0.25, -0.2) is 4.79 Å². The van der Waals surface area contributed by atoms with Crippen molar-refractivity contribution in [1.29, 1.82) is 0 Å². The number of carboxylic acid groups (broad SMARTS) is 1. The van der Waals surface area contributed by atoms with Gasteiger partial charge in [0.15, 0.2) is 0 Å². The number of aliphatic carboxylic acids is 1. The predicted molar refractivity (Wildman–Crippen MR) is 76.4 cm³/mol. The van der Waals surface area contributed by atoms with Crippen LogP contribution in [0.3, 0.4) is 0 Å². The Morgan fingerprint density at radius 2 is 1.85 bits per heavy atom. The number of urea groups is 1. The standard InChI is InChI=1S/C15H24N2O3/c1-2-9-17(13-7-8-13)15(20)16-10-11-3-5-12(6-4-11)14(18)19/h2,11-13H,1,3-10H2,(H,16,20)(H,18,19). The first-order chi connectivity index (χ1) is 9.61. The molecule has 0 saturated heterocycles. The molecule has 0 heterocycles. The number of hydrogen-bond donors (Lipinski definition) is 2. The molecule has 5 heteroatoms. The lowest BCUT2D eigenvalue weighted by Crippen LogP contribution is -2.43. The number of nitrogens with one attached hydrogen (secondary N) is 1. The van der Waals surface area contributed by atoms with E-state index in [2.05, 4.69) is 11.9 Å². The first-order valence-corrected chi connectivity index (χ1v) is 7.50. The van der Waals surface area contributed by atoms with Gasteiger partial charge in [0.2, 0.25) is 0 Å². The van der Waals surface area contributed by atoms with Gasteiger partial charge in [-0.05, 0) is 44.4 Å². The molecule has 0 radical (unpaired) electrons. The van der Waals surface area contributed by atoms with Crippen molar-refractivity contribution in [3.63, 3.8) is 0 Å². The Morgan fingerprint density at radius 1 is 1.20 bits per heavy atom. The average Bonchev–Trinajstić information content (AvgIpc) is 3.27. The van der Waals surface area contributed by atoms with E-state index in [9.17, 15) is 9.59 Å². The minimum atomic E-state index is -0.682. The molecule has 0 spiro atoms. The van der Waals surface area contributed by atoms with Crippen LogP contribution in [-0.2, 0) is 4.79 Å². The molecular formula is C15H24N2O3. The number of nitrogens with zero attached hydrogens (tertiary/aromatic N) is 1. The largest absolute Gasteiger partial charge is 0.481 e. The van der Waals surface area contributed by atoms with E-state index in [-0.39, 0.29) is 11.9 Å². The van der Waals surface area contributed by atoms with E-state index in [1.807, 2.05) is 4.90 Å². The summed E-state index contributed by atoms with van der Waals surface area (Å²) in [6, 6.07) is 0.378. The fourth-order valence-corrected chi connectivity index (χ4v) is 2.87. The van der Waals surface area contributed by atoms with Crippen molar-refractivity contribution in [3.05, 3.63) is 12.7 Å². The molecule has 0 atom stereocenters. The van der Waals surface area contributed by atoms with Gasteiger partial charge in [0.05, 0.1) is 5.92 Å². The molecule has 2 N–H and O–H groups in total. The summed E-state index contributed by atoms with van der Waals surface area (Å²) in [5, 5.41) is 12.0. The maximum Gasteiger partial charge on any atom is 0.317 e. The first kappa shape index (κ1) is 14.9. The zero-order valence-electron chi connectivity index (χ0n) is 11.9. The zero-order valence-corrected chi connectivity index (χ0v) is 11.9. The molecule has 2 fully saturated rings. The van der Waals surface area contributed by atoms with E-state index in [1.54, 1.807) is 6.08 Å². The van der Waals surface area contributed by atoms with E-state index >= 15 is 0 Å². The van der Waals surface area contributed by atoms with Crippen LogP contribution in [0, 0.1) is 11.8 Å². The fourth-order valence-electron chi connectivity index (χ4n) is 2.87. The molecule has 2 aliphatic carbocycles. The van der Waals surface area contributed by atoms with E-state index in [4.69, 9.17) is 5.11 Å². The van der Waals surface area contributed by atoms with Crippen LogP contribution < -0.4 is 5.32 Å². The Balaban J connectivity index is 1.71. The maximum absolute atomic E-state index is 12.1. The second-order valence-electron chi connectivity index (χ2n) is 5.91. The molecule has 112 valence electrons. The first-order valence-electron chi connectivity index (χ1n) is 7.50. The quantitative estimate of drug-likeness (QED) is 0.733. The van der Waals surface area contributed by atoms with E-state index < -0.39 is 5.97 Å². The Morgan fingerprint density at radius 3 is 2.35 bits per heavy atom. The fraction of sp³-hybridized carbons (Fsp3) is 0.733. The molecule has 20 heavy (non-hydrogen) atoms. The van der Waals surface area contributed by atoms with E-state index in [1.165, 1.54) is 0 Å². The third kappa shape index (κ3) is 3.99. The van der Waals surface area contributed by atoms with Crippen molar-refractivity contribution < 1.29 is 14.7 Å². The molecule has 0 bridgehead atoms. The highest BCUT2D eigenvalue weighted by molar-refractivity contribution is 5.75. The molecule has 2 rings (SSSR count). The number of amides is 2. The Bertz CT molecular complexity index is 371. The van der Waals surface area contributed by atoms with Gasteiger partial charge in [-0.15, -0.1) is 6.58 Å². The Labute approximate surface area is 120 Å². The summed E-state index contributed by atoms with van der Waals surface area (Å²) in [4.78, 5) is 24.8. The summed E-state index contributed by atoms with van der Waals surface area (Å²) in [6.45, 7) is 4.95. The second-order valence-corrected chi connectivity index (χ2v) is 5.91. The molecule has 0 aromatic carbocycles. The SMILES string of the molecule is C=CCN(C(=O)NCC1CCC(C(=O)O)CC1)C1CC1. The topological polar surface area (TPSA) is 69.6 Å². The third-order valence-electron chi connectivity index (χ3n) is 4.31. The summed E-state index contributed by atoms with van der Waals surface area (Å²) < 4.78 is 0. The van der Waals surface area contributed by atoms with Crippen molar-refractivity contribution in [3.8, 4) is 0 Å². The Kier molecular flexibility index (Phi) is 5.04. The average molecular weight is 280 g/mol. The summed E-state index contributed by atoms with van der Waals surface area (Å²) in [7, 11) is 0. The highest BCUT2D eigenvalue weighted by Crippen LogP contribution is 2.29. The van der Waals surface area contributed by atoms with Crippen molar-refractivity contribution in [2.24, 2.45) is 11.8 Å². The third-order valence-corrected chi connectivity index (χ3v) is 4.31. The summed E-state index contributed by atoms with van der Waals surface area (Å²) in [5.41, 5.74) is 0. The van der Waals surface area contributed by atoms with Gasteiger partial charge in [-0.3, -0.25) is 4.79 Å². The van der Waals surface area contributed by atoms with Gasteiger partial charge in [0, 0.05) is 19.1 Å². The Hall–Kier alpha value is -1.52. The second kappa shape index (κ2) is 6.77. The van der Waals surface area contributed by atoms with Crippen LogP contribution in [0.5, 0.6) is 0 Å². The lowest BCUT2D eigenvalue weighted by atomic mass is 9.82. The van der Waals surface area contributed by atoms with Gasteiger partial charge in [0.25, 0.3) is 0 Å². The highest BCUT2D eigenvalue weighted by Gasteiger charge is 2.32. The minimum Gasteiger partial charge on any atom is -0.481 e. The smallest absolute Gasteiger partial charge is 0.317 e. The molecule has 2 amide bonds. The highest BCUT2D eigenvalue weighted by atomic mass is 16.4. The molecule has 2 saturated carbocycles. The molecule has 0 unspecified atom stereocenters. The lowest BCUT2D eigenvalue weighted by Gasteiger charge is -2.28. The molecule has 2 aliphatic rings. The maximum atomic E-state index is 12.1. The van der Waals surface area contributed by atoms with Crippen LogP contribution in [0.15, 0.2) is 12.7 Å². The van der Waals surface area contributed by atoms with E-state index in [0.717, 1.165) is 38.5 Å². The monoisotopic (exact) mass is 280 g/mol. The van der Waals surface area contributed by atoms with Crippen molar-refractivity contribution in [2.75, 3.05) is 13.1 Å². The molecule has 5 nitrogen and oxygen atoms in total. The number of hydrogen-bond acceptors (Lipinski definition) is 2. The normalized spacial score (nSPS) is 25.8. The van der Waals surface area contributed by atoms with Crippen LogP contribution >= 0.6 is 0 Å². The van der Waals surface area contributed by atoms with Crippen LogP contribution in [0.2, 0.25) is 0 Å². The number of rotatable bonds is 6. The number of carbonyl (C=O) groups is 2. The lowest BCUT2D eigenvalue weighted by molar-refractivity contribution is -0.143. The van der Waals surface area contributed by atoms with Gasteiger partial charge in [-0.2, -0.15) is 0 Å². The van der Waals surface area contributed by atoms with Crippen LogP contribution in [0.4, 0.5) is 4.79 Å². The molecule has 0 aromatic rings. The molecular weight excluding hydrogens is 256 g/mol. The summed E-state index contributed by atoms with van der Waals surface area (Å²) in [6.07, 6.45) is 7.18. The van der Waals surface area contributed by atoms with Gasteiger partial charge in [-0.1, -0.05) is 6.08 Å². The van der Waals surface area contributed by atoms with Crippen molar-refractivity contribution >= 4 is 12.0 Å². The number of carboxylic acids is 1. The zero-order chi connectivity index (χ0) is 14.5. The van der Waals surface area contributed by atoms with E-state index in [0.29, 0.717) is 25.0 Å². The molecule has 0 aromatic heterocycles. The van der Waals surface area contributed by atoms with Crippen LogP contribution in [-0.4, -0.2) is 41.1 Å². The van der Waals surface area contributed by atoms with Gasteiger partial charge >= 0.3 is 12.0 Å². The predicted octanol–water partition coefficient (Wildman–Crippen LogP) is 2.24. The molecule has 0 aliphatic heterocycles.